The molecule has 0 radical (unpaired) electrons. The minimum Gasteiger partial charge on any atom is -0.383 e. The third-order valence-electron chi connectivity index (χ3n) is 3.89. The van der Waals surface area contributed by atoms with E-state index in [-0.39, 0.29) is 49.0 Å². The first-order valence-corrected chi connectivity index (χ1v) is 7.10. The number of halogens is 2. The van der Waals surface area contributed by atoms with Crippen LogP contribution in [0.15, 0.2) is 0 Å². The number of hydrogen-bond acceptors (Lipinski definition) is 5. The highest BCUT2D eigenvalue weighted by atomic mass is 35.5. The Hall–Kier alpha value is -0.110. The average Bonchev–Trinajstić information content (AvgIpc) is 3.05. The number of nitrogens with one attached hydrogen (secondary N) is 1. The van der Waals surface area contributed by atoms with Crippen LogP contribution in [-0.2, 0) is 14.3 Å². The van der Waals surface area contributed by atoms with E-state index in [0.717, 1.165) is 45.5 Å². The molecule has 3 atom stereocenters. The Morgan fingerprint density at radius 3 is 2.76 bits per heavy atom. The number of amides is 1. The lowest BCUT2D eigenvalue weighted by molar-refractivity contribution is -0.132. The van der Waals surface area contributed by atoms with Gasteiger partial charge in [0.1, 0.15) is 6.10 Å². The SMILES string of the molecule is COCCN1CCC(NC(=O)[C@@H]2CC[C@H](CN)O2)C1.Cl.Cl. The highest BCUT2D eigenvalue weighted by Gasteiger charge is 2.32. The van der Waals surface area contributed by atoms with Gasteiger partial charge >= 0.3 is 0 Å². The van der Waals surface area contributed by atoms with E-state index in [0.29, 0.717) is 6.54 Å². The van der Waals surface area contributed by atoms with Gasteiger partial charge in [-0.05, 0) is 19.3 Å². The molecule has 2 fully saturated rings. The number of carbonyl (C=O) groups is 1. The van der Waals surface area contributed by atoms with E-state index >= 15 is 0 Å². The molecule has 0 aliphatic carbocycles. The summed E-state index contributed by atoms with van der Waals surface area (Å²) in [5, 5.41) is 3.08. The normalized spacial score (nSPS) is 28.8. The summed E-state index contributed by atoms with van der Waals surface area (Å²) in [5.41, 5.74) is 5.55. The van der Waals surface area contributed by atoms with Crippen LogP contribution in [0.1, 0.15) is 19.3 Å². The highest BCUT2D eigenvalue weighted by Crippen LogP contribution is 2.19. The molecule has 2 aliphatic heterocycles. The smallest absolute Gasteiger partial charge is 0.249 e. The highest BCUT2D eigenvalue weighted by molar-refractivity contribution is 5.85. The van der Waals surface area contributed by atoms with Crippen molar-refractivity contribution in [2.45, 2.75) is 37.5 Å². The number of carbonyl (C=O) groups excluding carboxylic acids is 1. The predicted molar refractivity (Wildman–Crippen MR) is 86.3 cm³/mol. The molecule has 2 aliphatic rings. The molecular formula is C13H27Cl2N3O3. The Bertz CT molecular complexity index is 310. The van der Waals surface area contributed by atoms with Gasteiger partial charge in [0, 0.05) is 39.3 Å². The van der Waals surface area contributed by atoms with Crippen LogP contribution in [-0.4, -0.2) is 69.0 Å². The molecule has 0 aromatic heterocycles. The Balaban J connectivity index is 0.00000200. The first-order valence-electron chi connectivity index (χ1n) is 7.10. The molecule has 0 saturated carbocycles. The maximum Gasteiger partial charge on any atom is 0.249 e. The fraction of sp³-hybridized carbons (Fsp3) is 0.923. The molecule has 0 aromatic rings. The lowest BCUT2D eigenvalue weighted by atomic mass is 10.1. The molecule has 3 N–H and O–H groups in total. The zero-order valence-corrected chi connectivity index (χ0v) is 14.1. The van der Waals surface area contributed by atoms with Crippen molar-refractivity contribution in [1.82, 2.24) is 10.2 Å². The molecule has 0 bridgehead atoms. The molecule has 0 aromatic carbocycles. The summed E-state index contributed by atoms with van der Waals surface area (Å²) in [6, 6.07) is 0.241. The van der Waals surface area contributed by atoms with E-state index in [1.54, 1.807) is 7.11 Å². The van der Waals surface area contributed by atoms with Crippen molar-refractivity contribution in [3.05, 3.63) is 0 Å². The second-order valence-corrected chi connectivity index (χ2v) is 5.35. The van der Waals surface area contributed by atoms with Crippen molar-refractivity contribution in [3.8, 4) is 0 Å². The Morgan fingerprint density at radius 1 is 1.38 bits per heavy atom. The molecule has 21 heavy (non-hydrogen) atoms. The van der Waals surface area contributed by atoms with Crippen LogP contribution >= 0.6 is 24.8 Å². The largest absolute Gasteiger partial charge is 0.383 e. The Morgan fingerprint density at radius 2 is 2.14 bits per heavy atom. The molecule has 2 saturated heterocycles. The molecule has 6 nitrogen and oxygen atoms in total. The van der Waals surface area contributed by atoms with E-state index < -0.39 is 0 Å². The second-order valence-electron chi connectivity index (χ2n) is 5.35. The van der Waals surface area contributed by atoms with Crippen molar-refractivity contribution in [2.24, 2.45) is 5.73 Å². The summed E-state index contributed by atoms with van der Waals surface area (Å²) in [6.45, 7) is 4.09. The van der Waals surface area contributed by atoms with E-state index in [1.165, 1.54) is 0 Å². The lowest BCUT2D eigenvalue weighted by Gasteiger charge is -2.18. The van der Waals surface area contributed by atoms with E-state index in [4.69, 9.17) is 15.2 Å². The van der Waals surface area contributed by atoms with E-state index in [1.807, 2.05) is 0 Å². The summed E-state index contributed by atoms with van der Waals surface area (Å²) >= 11 is 0. The number of nitrogens with two attached hydrogens (primary N) is 1. The Labute approximate surface area is 138 Å². The fourth-order valence-electron chi connectivity index (χ4n) is 2.74. The molecule has 2 rings (SSSR count). The predicted octanol–water partition coefficient (Wildman–Crippen LogP) is 0.173. The third-order valence-corrected chi connectivity index (χ3v) is 3.89. The molecule has 0 spiro atoms. The van der Waals surface area contributed by atoms with Gasteiger partial charge in [-0.15, -0.1) is 24.8 Å². The van der Waals surface area contributed by atoms with Crippen LogP contribution in [0.25, 0.3) is 0 Å². The number of rotatable bonds is 6. The summed E-state index contributed by atoms with van der Waals surface area (Å²) in [4.78, 5) is 14.4. The number of nitrogens with zero attached hydrogens (tertiary/aromatic N) is 1. The van der Waals surface area contributed by atoms with Gasteiger partial charge in [-0.3, -0.25) is 9.69 Å². The van der Waals surface area contributed by atoms with Crippen molar-refractivity contribution in [3.63, 3.8) is 0 Å². The first-order chi connectivity index (χ1) is 9.22. The lowest BCUT2D eigenvalue weighted by Crippen LogP contribution is -2.43. The quantitative estimate of drug-likeness (QED) is 0.719. The average molecular weight is 344 g/mol. The van der Waals surface area contributed by atoms with Crippen molar-refractivity contribution >= 4 is 30.7 Å². The van der Waals surface area contributed by atoms with Gasteiger partial charge in [-0.1, -0.05) is 0 Å². The monoisotopic (exact) mass is 343 g/mol. The van der Waals surface area contributed by atoms with Crippen molar-refractivity contribution < 1.29 is 14.3 Å². The molecule has 1 unspecified atom stereocenters. The molecular weight excluding hydrogens is 317 g/mol. The van der Waals surface area contributed by atoms with Gasteiger partial charge in [-0.2, -0.15) is 0 Å². The molecule has 2 heterocycles. The molecule has 8 heteroatoms. The summed E-state index contributed by atoms with van der Waals surface area (Å²) < 4.78 is 10.7. The van der Waals surface area contributed by atoms with Crippen LogP contribution in [0.4, 0.5) is 0 Å². The number of hydrogen-bond donors (Lipinski definition) is 2. The van der Waals surface area contributed by atoms with Crippen molar-refractivity contribution in [2.75, 3.05) is 39.9 Å². The molecule has 126 valence electrons. The minimum atomic E-state index is -0.304. The maximum absolute atomic E-state index is 12.1. The van der Waals surface area contributed by atoms with Crippen LogP contribution in [0.3, 0.4) is 0 Å². The number of ether oxygens (including phenoxy) is 2. The van der Waals surface area contributed by atoms with Crippen LogP contribution in [0, 0.1) is 0 Å². The number of methoxy groups -OCH3 is 1. The van der Waals surface area contributed by atoms with Crippen LogP contribution < -0.4 is 11.1 Å². The maximum atomic E-state index is 12.1. The zero-order valence-electron chi connectivity index (χ0n) is 12.5. The Kier molecular flexibility index (Phi) is 10.5. The van der Waals surface area contributed by atoms with E-state index in [2.05, 4.69) is 10.2 Å². The van der Waals surface area contributed by atoms with Gasteiger partial charge in [-0.25, -0.2) is 0 Å². The summed E-state index contributed by atoms with van der Waals surface area (Å²) in [5.74, 6) is 0.0227. The summed E-state index contributed by atoms with van der Waals surface area (Å²) in [7, 11) is 1.71. The van der Waals surface area contributed by atoms with Crippen molar-refractivity contribution in [1.29, 1.82) is 0 Å². The van der Waals surface area contributed by atoms with Gasteiger partial charge in [0.05, 0.1) is 12.7 Å². The second kappa shape index (κ2) is 10.6. The van der Waals surface area contributed by atoms with Gasteiger partial charge in [0.2, 0.25) is 5.91 Å². The van der Waals surface area contributed by atoms with Gasteiger partial charge in [0.25, 0.3) is 0 Å². The minimum absolute atomic E-state index is 0. The fourth-order valence-corrected chi connectivity index (χ4v) is 2.74. The van der Waals surface area contributed by atoms with Gasteiger partial charge < -0.3 is 20.5 Å². The third kappa shape index (κ3) is 6.26. The number of likely N-dealkylation sites (tertiary alicyclic amines) is 1. The van der Waals surface area contributed by atoms with E-state index in [9.17, 15) is 4.79 Å². The topological polar surface area (TPSA) is 76.8 Å². The molecule has 1 amide bonds. The standard InChI is InChI=1S/C13H25N3O3.2ClH/c1-18-7-6-16-5-4-10(9-16)15-13(17)12-3-2-11(8-14)19-12;;/h10-12H,2-9,14H2,1H3,(H,15,17);2*1H/t10?,11-,12+;;/m1../s1. The summed E-state index contributed by atoms with van der Waals surface area (Å²) in [6.07, 6.45) is 2.43. The van der Waals surface area contributed by atoms with Gasteiger partial charge in [0.15, 0.2) is 0 Å². The zero-order chi connectivity index (χ0) is 13.7. The first kappa shape index (κ1) is 20.9. The van der Waals surface area contributed by atoms with Crippen LogP contribution in [0.2, 0.25) is 0 Å². The van der Waals surface area contributed by atoms with Crippen LogP contribution in [0.5, 0.6) is 0 Å².